The van der Waals surface area contributed by atoms with Crippen LogP contribution in [0.2, 0.25) is 5.02 Å². The molecule has 0 spiro atoms. The zero-order chi connectivity index (χ0) is 14.4. The Kier molecular flexibility index (Phi) is 5.86. The zero-order valence-electron chi connectivity index (χ0n) is 12.1. The normalized spacial score (nSPS) is 18.3. The van der Waals surface area contributed by atoms with Crippen LogP contribution in [0.3, 0.4) is 0 Å². The first-order valence-electron chi connectivity index (χ1n) is 7.43. The number of carbonyl (C=O) groups is 1. The highest BCUT2D eigenvalue weighted by Gasteiger charge is 2.21. The van der Waals surface area contributed by atoms with E-state index in [2.05, 4.69) is 10.2 Å². The minimum Gasteiger partial charge on any atom is -0.351 e. The molecule has 1 amide bonds. The summed E-state index contributed by atoms with van der Waals surface area (Å²) in [5.74, 6) is 0.113. The molecule has 1 unspecified atom stereocenters. The molecule has 20 heavy (non-hydrogen) atoms. The molecule has 3 nitrogen and oxygen atoms in total. The molecule has 110 valence electrons. The third-order valence-electron chi connectivity index (χ3n) is 3.95. The van der Waals surface area contributed by atoms with Gasteiger partial charge >= 0.3 is 0 Å². The van der Waals surface area contributed by atoms with Gasteiger partial charge in [0, 0.05) is 11.6 Å². The van der Waals surface area contributed by atoms with Gasteiger partial charge in [0.2, 0.25) is 5.91 Å². The highest BCUT2D eigenvalue weighted by molar-refractivity contribution is 6.30. The summed E-state index contributed by atoms with van der Waals surface area (Å²) >= 11 is 5.85. The average Bonchev–Trinajstić information content (AvgIpc) is 2.74. The van der Waals surface area contributed by atoms with Crippen molar-refractivity contribution in [3.8, 4) is 0 Å². The topological polar surface area (TPSA) is 32.3 Å². The SMILES string of the molecule is CC(C(=O)NCc1ccc(Cl)cc1)N1CCCCCC1. The number of hydrogen-bond donors (Lipinski definition) is 1. The van der Waals surface area contributed by atoms with Crippen molar-refractivity contribution in [2.75, 3.05) is 13.1 Å². The van der Waals surface area contributed by atoms with Gasteiger partial charge < -0.3 is 5.32 Å². The Labute approximate surface area is 126 Å². The molecule has 1 aliphatic rings. The molecule has 1 N–H and O–H groups in total. The lowest BCUT2D eigenvalue weighted by molar-refractivity contribution is -0.126. The van der Waals surface area contributed by atoms with E-state index in [4.69, 9.17) is 11.6 Å². The van der Waals surface area contributed by atoms with Gasteiger partial charge in [0.15, 0.2) is 0 Å². The van der Waals surface area contributed by atoms with Crippen LogP contribution in [0.4, 0.5) is 0 Å². The molecule has 1 aromatic carbocycles. The van der Waals surface area contributed by atoms with Gasteiger partial charge in [-0.25, -0.2) is 0 Å². The van der Waals surface area contributed by atoms with E-state index in [1.807, 2.05) is 31.2 Å². The van der Waals surface area contributed by atoms with Gasteiger partial charge in [-0.1, -0.05) is 36.6 Å². The van der Waals surface area contributed by atoms with Crippen molar-refractivity contribution in [2.45, 2.75) is 45.2 Å². The molecule has 0 radical (unpaired) electrons. The summed E-state index contributed by atoms with van der Waals surface area (Å²) in [5.41, 5.74) is 1.07. The Balaban J connectivity index is 1.82. The number of hydrogen-bond acceptors (Lipinski definition) is 2. The number of nitrogens with zero attached hydrogens (tertiary/aromatic N) is 1. The van der Waals surface area contributed by atoms with Crippen LogP contribution < -0.4 is 5.32 Å². The molecule has 1 aromatic rings. The summed E-state index contributed by atoms with van der Waals surface area (Å²) in [6.45, 7) is 4.64. The molecule has 0 bridgehead atoms. The fourth-order valence-electron chi connectivity index (χ4n) is 2.59. The molecule has 1 fully saturated rings. The van der Waals surface area contributed by atoms with Gasteiger partial charge in [0.05, 0.1) is 6.04 Å². The van der Waals surface area contributed by atoms with Gasteiger partial charge in [-0.3, -0.25) is 9.69 Å². The van der Waals surface area contributed by atoms with E-state index in [0.717, 1.165) is 23.7 Å². The van der Waals surface area contributed by atoms with E-state index in [-0.39, 0.29) is 11.9 Å². The second-order valence-electron chi connectivity index (χ2n) is 5.47. The monoisotopic (exact) mass is 294 g/mol. The molecule has 1 heterocycles. The van der Waals surface area contributed by atoms with E-state index in [1.165, 1.54) is 25.7 Å². The predicted molar refractivity (Wildman–Crippen MR) is 82.8 cm³/mol. The Hall–Kier alpha value is -1.06. The van der Waals surface area contributed by atoms with E-state index in [9.17, 15) is 4.79 Å². The largest absolute Gasteiger partial charge is 0.351 e. The first-order valence-corrected chi connectivity index (χ1v) is 7.81. The quantitative estimate of drug-likeness (QED) is 0.925. The van der Waals surface area contributed by atoms with E-state index in [1.54, 1.807) is 0 Å². The third kappa shape index (κ3) is 4.50. The standard InChI is InChI=1S/C16H23ClN2O/c1-13(19-10-4-2-3-5-11-19)16(20)18-12-14-6-8-15(17)9-7-14/h6-9,13H,2-5,10-12H2,1H3,(H,18,20). The van der Waals surface area contributed by atoms with Gasteiger partial charge in [-0.2, -0.15) is 0 Å². The van der Waals surface area contributed by atoms with Crippen molar-refractivity contribution in [1.82, 2.24) is 10.2 Å². The van der Waals surface area contributed by atoms with Crippen molar-refractivity contribution < 1.29 is 4.79 Å². The summed E-state index contributed by atoms with van der Waals surface area (Å²) in [4.78, 5) is 14.5. The van der Waals surface area contributed by atoms with E-state index in [0.29, 0.717) is 6.54 Å². The van der Waals surface area contributed by atoms with Crippen LogP contribution >= 0.6 is 11.6 Å². The van der Waals surface area contributed by atoms with Crippen LogP contribution in [0.25, 0.3) is 0 Å². The number of carbonyl (C=O) groups excluding carboxylic acids is 1. The van der Waals surface area contributed by atoms with Crippen LogP contribution in [0.15, 0.2) is 24.3 Å². The highest BCUT2D eigenvalue weighted by Crippen LogP contribution is 2.13. The first-order chi connectivity index (χ1) is 9.66. The van der Waals surface area contributed by atoms with Gasteiger partial charge in [-0.05, 0) is 50.6 Å². The Morgan fingerprint density at radius 2 is 1.80 bits per heavy atom. The van der Waals surface area contributed by atoms with E-state index >= 15 is 0 Å². The van der Waals surface area contributed by atoms with E-state index < -0.39 is 0 Å². The number of benzene rings is 1. The first kappa shape index (κ1) is 15.3. The van der Waals surface area contributed by atoms with Gasteiger partial charge in [-0.15, -0.1) is 0 Å². The maximum absolute atomic E-state index is 12.2. The number of rotatable bonds is 4. The lowest BCUT2D eigenvalue weighted by atomic mass is 10.2. The molecular formula is C16H23ClN2O. The number of nitrogens with one attached hydrogen (secondary N) is 1. The molecule has 1 saturated heterocycles. The number of amides is 1. The minimum absolute atomic E-state index is 0.0413. The Morgan fingerprint density at radius 3 is 2.40 bits per heavy atom. The molecule has 0 aromatic heterocycles. The molecule has 1 atom stereocenters. The van der Waals surface area contributed by atoms with Crippen molar-refractivity contribution in [3.05, 3.63) is 34.9 Å². The van der Waals surface area contributed by atoms with Crippen molar-refractivity contribution in [2.24, 2.45) is 0 Å². The average molecular weight is 295 g/mol. The Bertz CT molecular complexity index is 425. The number of halogens is 1. The van der Waals surface area contributed by atoms with Crippen molar-refractivity contribution in [1.29, 1.82) is 0 Å². The molecule has 0 saturated carbocycles. The molecule has 4 heteroatoms. The highest BCUT2D eigenvalue weighted by atomic mass is 35.5. The third-order valence-corrected chi connectivity index (χ3v) is 4.20. The van der Waals surface area contributed by atoms with Crippen LogP contribution in [0.5, 0.6) is 0 Å². The number of likely N-dealkylation sites (tertiary alicyclic amines) is 1. The van der Waals surface area contributed by atoms with Crippen LogP contribution in [-0.4, -0.2) is 29.9 Å². The lowest BCUT2D eigenvalue weighted by Gasteiger charge is -2.26. The van der Waals surface area contributed by atoms with Crippen LogP contribution in [0.1, 0.15) is 38.2 Å². The minimum atomic E-state index is -0.0413. The second kappa shape index (κ2) is 7.65. The predicted octanol–water partition coefficient (Wildman–Crippen LogP) is 3.22. The van der Waals surface area contributed by atoms with Crippen molar-refractivity contribution in [3.63, 3.8) is 0 Å². The molecule has 1 aliphatic heterocycles. The smallest absolute Gasteiger partial charge is 0.237 e. The zero-order valence-corrected chi connectivity index (χ0v) is 12.8. The maximum atomic E-state index is 12.2. The molecule has 0 aliphatic carbocycles. The summed E-state index contributed by atoms with van der Waals surface area (Å²) in [5, 5.41) is 3.73. The molecule has 2 rings (SSSR count). The van der Waals surface area contributed by atoms with Gasteiger partial charge in [0.1, 0.15) is 0 Å². The summed E-state index contributed by atoms with van der Waals surface area (Å²) in [7, 11) is 0. The molecular weight excluding hydrogens is 272 g/mol. The fourth-order valence-corrected chi connectivity index (χ4v) is 2.71. The fraction of sp³-hybridized carbons (Fsp3) is 0.562. The van der Waals surface area contributed by atoms with Crippen LogP contribution in [-0.2, 0) is 11.3 Å². The summed E-state index contributed by atoms with van der Waals surface area (Å²) < 4.78 is 0. The second-order valence-corrected chi connectivity index (χ2v) is 5.91. The lowest BCUT2D eigenvalue weighted by Crippen LogP contribution is -2.45. The maximum Gasteiger partial charge on any atom is 0.237 e. The van der Waals surface area contributed by atoms with Crippen molar-refractivity contribution >= 4 is 17.5 Å². The summed E-state index contributed by atoms with van der Waals surface area (Å²) in [6, 6.07) is 7.54. The van der Waals surface area contributed by atoms with Gasteiger partial charge in [0.25, 0.3) is 0 Å². The Morgan fingerprint density at radius 1 is 1.20 bits per heavy atom. The van der Waals surface area contributed by atoms with Crippen LogP contribution in [0, 0.1) is 0 Å². The summed E-state index contributed by atoms with van der Waals surface area (Å²) in [6.07, 6.45) is 4.98.